The average molecular weight is 504 g/mol. The number of piperazine rings is 1. The molecule has 2 heterocycles. The zero-order chi connectivity index (χ0) is 26.4. The Labute approximate surface area is 222 Å². The fourth-order valence-corrected chi connectivity index (χ4v) is 4.73. The van der Waals surface area contributed by atoms with Crippen molar-refractivity contribution in [3.05, 3.63) is 77.5 Å². The molecule has 6 nitrogen and oxygen atoms in total. The SMILES string of the molecule is CC(C)OC(=O)c1cccnc1N1CCN(Cc2ccc(OCC3=CCC(C(C)(C)C)C=C3)cc2)CC1. The molecule has 6 heteroatoms. The summed E-state index contributed by atoms with van der Waals surface area (Å²) in [5.41, 5.74) is 3.35. The summed E-state index contributed by atoms with van der Waals surface area (Å²) in [6, 6.07) is 12.0. The first-order valence-electron chi connectivity index (χ1n) is 13.4. The quantitative estimate of drug-likeness (QED) is 0.418. The number of pyridine rings is 1. The van der Waals surface area contributed by atoms with Crippen LogP contribution in [0.1, 0.15) is 57.0 Å². The summed E-state index contributed by atoms with van der Waals surface area (Å²) in [5, 5.41) is 0. The highest BCUT2D eigenvalue weighted by Gasteiger charge is 2.24. The van der Waals surface area contributed by atoms with Gasteiger partial charge in [0.1, 0.15) is 23.7 Å². The minimum Gasteiger partial charge on any atom is -0.489 e. The third-order valence-corrected chi connectivity index (χ3v) is 7.05. The molecule has 1 aromatic heterocycles. The molecule has 1 saturated heterocycles. The Kier molecular flexibility index (Phi) is 8.70. The van der Waals surface area contributed by atoms with Crippen LogP contribution in [0.25, 0.3) is 0 Å². The second kappa shape index (κ2) is 12.0. The van der Waals surface area contributed by atoms with Crippen LogP contribution in [-0.2, 0) is 11.3 Å². The molecule has 1 atom stereocenters. The van der Waals surface area contributed by atoms with Crippen molar-refractivity contribution in [1.29, 1.82) is 0 Å². The Balaban J connectivity index is 1.25. The number of hydrogen-bond acceptors (Lipinski definition) is 6. The number of aromatic nitrogens is 1. The minimum atomic E-state index is -0.312. The highest BCUT2D eigenvalue weighted by molar-refractivity contribution is 5.94. The summed E-state index contributed by atoms with van der Waals surface area (Å²) in [4.78, 5) is 21.6. The van der Waals surface area contributed by atoms with Gasteiger partial charge in [-0.05, 0) is 67.0 Å². The first-order chi connectivity index (χ1) is 17.7. The van der Waals surface area contributed by atoms with Crippen molar-refractivity contribution >= 4 is 11.8 Å². The van der Waals surface area contributed by atoms with Crippen LogP contribution in [0.15, 0.2) is 66.4 Å². The third-order valence-electron chi connectivity index (χ3n) is 7.05. The number of rotatable bonds is 8. The molecule has 1 fully saturated rings. The van der Waals surface area contributed by atoms with Crippen LogP contribution in [0.2, 0.25) is 0 Å². The van der Waals surface area contributed by atoms with E-state index in [0.29, 0.717) is 29.3 Å². The molecule has 1 aliphatic carbocycles. The van der Waals surface area contributed by atoms with Crippen molar-refractivity contribution in [3.8, 4) is 5.75 Å². The molecule has 0 spiro atoms. The van der Waals surface area contributed by atoms with Crippen molar-refractivity contribution in [1.82, 2.24) is 9.88 Å². The second-order valence-electron chi connectivity index (χ2n) is 11.4. The van der Waals surface area contributed by atoms with Gasteiger partial charge in [0.15, 0.2) is 0 Å². The number of carbonyl (C=O) groups is 1. The molecule has 1 aromatic carbocycles. The van der Waals surface area contributed by atoms with Gasteiger partial charge in [0.2, 0.25) is 0 Å². The fraction of sp³-hybridized carbons (Fsp3) is 0.484. The number of nitrogens with zero attached hydrogens (tertiary/aromatic N) is 3. The highest BCUT2D eigenvalue weighted by atomic mass is 16.5. The van der Waals surface area contributed by atoms with E-state index in [-0.39, 0.29) is 12.1 Å². The van der Waals surface area contributed by atoms with Gasteiger partial charge in [-0.3, -0.25) is 4.90 Å². The molecule has 0 radical (unpaired) electrons. The molecule has 0 bridgehead atoms. The van der Waals surface area contributed by atoms with E-state index < -0.39 is 0 Å². The smallest absolute Gasteiger partial charge is 0.342 e. The molecule has 0 saturated carbocycles. The van der Waals surface area contributed by atoms with Gasteiger partial charge in [0.05, 0.1) is 6.10 Å². The van der Waals surface area contributed by atoms with Gasteiger partial charge in [0, 0.05) is 38.9 Å². The van der Waals surface area contributed by atoms with E-state index in [1.165, 1.54) is 11.1 Å². The Bertz CT molecular complexity index is 1110. The van der Waals surface area contributed by atoms with Crippen LogP contribution < -0.4 is 9.64 Å². The lowest BCUT2D eigenvalue weighted by atomic mass is 9.76. The van der Waals surface area contributed by atoms with Crippen molar-refractivity contribution in [3.63, 3.8) is 0 Å². The molecule has 4 rings (SSSR count). The van der Waals surface area contributed by atoms with E-state index in [1.807, 2.05) is 13.8 Å². The standard InChI is InChI=1S/C31H41N3O3/c1-23(2)37-30(35)28-7-6-16-32-29(28)34-19-17-33(18-20-34)21-24-10-14-27(15-11-24)36-22-25-8-12-26(13-9-25)31(3,4)5/h6-12,14-16,23,26H,13,17-22H2,1-5H3. The fourth-order valence-electron chi connectivity index (χ4n) is 4.73. The van der Waals surface area contributed by atoms with Gasteiger partial charge >= 0.3 is 5.97 Å². The molecule has 37 heavy (non-hydrogen) atoms. The first kappa shape index (κ1) is 26.9. The summed E-state index contributed by atoms with van der Waals surface area (Å²) in [7, 11) is 0. The second-order valence-corrected chi connectivity index (χ2v) is 11.4. The number of benzene rings is 1. The molecular weight excluding hydrogens is 462 g/mol. The summed E-state index contributed by atoms with van der Waals surface area (Å²) < 4.78 is 11.5. The van der Waals surface area contributed by atoms with E-state index in [1.54, 1.807) is 18.3 Å². The van der Waals surface area contributed by atoms with Gasteiger partial charge in [-0.1, -0.05) is 51.1 Å². The van der Waals surface area contributed by atoms with Gasteiger partial charge in [0.25, 0.3) is 0 Å². The van der Waals surface area contributed by atoms with Gasteiger partial charge in [-0.2, -0.15) is 0 Å². The zero-order valence-electron chi connectivity index (χ0n) is 22.9. The van der Waals surface area contributed by atoms with Crippen LogP contribution in [0.5, 0.6) is 5.75 Å². The molecule has 0 N–H and O–H groups in total. The monoisotopic (exact) mass is 503 g/mol. The van der Waals surface area contributed by atoms with E-state index >= 15 is 0 Å². The van der Waals surface area contributed by atoms with E-state index in [2.05, 4.69) is 78.0 Å². The van der Waals surface area contributed by atoms with Gasteiger partial charge in [-0.15, -0.1) is 0 Å². The minimum absolute atomic E-state index is 0.156. The molecule has 1 aliphatic heterocycles. The number of esters is 1. The number of anilines is 1. The van der Waals surface area contributed by atoms with Crippen LogP contribution in [0, 0.1) is 11.3 Å². The maximum atomic E-state index is 12.5. The average Bonchev–Trinajstić information content (AvgIpc) is 2.88. The molecular formula is C31H41N3O3. The third kappa shape index (κ3) is 7.45. The van der Waals surface area contributed by atoms with Crippen LogP contribution in [-0.4, -0.2) is 54.7 Å². The van der Waals surface area contributed by atoms with Crippen molar-refractivity contribution in [2.75, 3.05) is 37.7 Å². The molecule has 2 aromatic rings. The van der Waals surface area contributed by atoms with Crippen molar-refractivity contribution in [2.24, 2.45) is 11.3 Å². The molecule has 1 unspecified atom stereocenters. The van der Waals surface area contributed by atoms with E-state index in [9.17, 15) is 4.79 Å². The van der Waals surface area contributed by atoms with Gasteiger partial charge in [-0.25, -0.2) is 9.78 Å². The lowest BCUT2D eigenvalue weighted by molar-refractivity contribution is 0.0378. The maximum Gasteiger partial charge on any atom is 0.342 e. The number of carbonyl (C=O) groups excluding carboxylic acids is 1. The predicted octanol–water partition coefficient (Wildman–Crippen LogP) is 5.90. The normalized spacial score (nSPS) is 18.6. The Morgan fingerprint density at radius 2 is 1.81 bits per heavy atom. The lowest BCUT2D eigenvalue weighted by Gasteiger charge is -2.36. The van der Waals surface area contributed by atoms with Crippen molar-refractivity contribution in [2.45, 2.75) is 53.7 Å². The summed E-state index contributed by atoms with van der Waals surface area (Å²) in [6.45, 7) is 15.5. The summed E-state index contributed by atoms with van der Waals surface area (Å²) in [5.74, 6) is 1.89. The Hall–Kier alpha value is -3.12. The van der Waals surface area contributed by atoms with Crippen LogP contribution in [0.4, 0.5) is 5.82 Å². The first-order valence-corrected chi connectivity index (χ1v) is 13.4. The van der Waals surface area contributed by atoms with Gasteiger partial charge < -0.3 is 14.4 Å². The number of allylic oxidation sites excluding steroid dienone is 2. The zero-order valence-corrected chi connectivity index (χ0v) is 22.9. The topological polar surface area (TPSA) is 54.9 Å². The number of ether oxygens (including phenoxy) is 2. The molecule has 0 amide bonds. The predicted molar refractivity (Wildman–Crippen MR) is 149 cm³/mol. The summed E-state index contributed by atoms with van der Waals surface area (Å²) in [6.07, 6.45) is 9.51. The van der Waals surface area contributed by atoms with Crippen LogP contribution in [0.3, 0.4) is 0 Å². The largest absolute Gasteiger partial charge is 0.489 e. The highest BCUT2D eigenvalue weighted by Crippen LogP contribution is 2.33. The van der Waals surface area contributed by atoms with E-state index in [0.717, 1.165) is 44.9 Å². The number of hydrogen-bond donors (Lipinski definition) is 0. The molecule has 198 valence electrons. The Morgan fingerprint density at radius 3 is 2.43 bits per heavy atom. The lowest BCUT2D eigenvalue weighted by Crippen LogP contribution is -2.46. The van der Waals surface area contributed by atoms with Crippen LogP contribution >= 0.6 is 0 Å². The molecule has 2 aliphatic rings. The van der Waals surface area contributed by atoms with E-state index in [4.69, 9.17) is 9.47 Å². The maximum absolute atomic E-state index is 12.5. The van der Waals surface area contributed by atoms with Crippen molar-refractivity contribution < 1.29 is 14.3 Å². The summed E-state index contributed by atoms with van der Waals surface area (Å²) >= 11 is 0. The Morgan fingerprint density at radius 1 is 1.08 bits per heavy atom.